The van der Waals surface area contributed by atoms with E-state index in [4.69, 9.17) is 11.6 Å². The summed E-state index contributed by atoms with van der Waals surface area (Å²) in [5.74, 6) is -1.17. The summed E-state index contributed by atoms with van der Waals surface area (Å²) in [6, 6.07) is 5.66. The predicted molar refractivity (Wildman–Crippen MR) is 95.8 cm³/mol. The Bertz CT molecular complexity index is 1030. The summed E-state index contributed by atoms with van der Waals surface area (Å²) in [7, 11) is 1.65. The first kappa shape index (κ1) is 19.8. The van der Waals surface area contributed by atoms with Crippen LogP contribution in [0.15, 0.2) is 36.7 Å². The van der Waals surface area contributed by atoms with Crippen LogP contribution in [0.4, 0.5) is 29.1 Å². The van der Waals surface area contributed by atoms with E-state index in [2.05, 4.69) is 9.97 Å². The van der Waals surface area contributed by atoms with Crippen molar-refractivity contribution in [3.05, 3.63) is 58.9 Å². The van der Waals surface area contributed by atoms with Gasteiger partial charge in [0.1, 0.15) is 22.4 Å². The lowest BCUT2D eigenvalue weighted by molar-refractivity contribution is -0.141. The van der Waals surface area contributed by atoms with E-state index in [-0.39, 0.29) is 23.5 Å². The van der Waals surface area contributed by atoms with Crippen LogP contribution in [0.25, 0.3) is 11.3 Å². The third kappa shape index (κ3) is 3.45. The van der Waals surface area contributed by atoms with Gasteiger partial charge in [-0.25, -0.2) is 14.4 Å². The molecule has 28 heavy (non-hydrogen) atoms. The normalized spacial score (nSPS) is 11.5. The van der Waals surface area contributed by atoms with Gasteiger partial charge in [0.25, 0.3) is 0 Å². The van der Waals surface area contributed by atoms with E-state index in [1.165, 1.54) is 24.5 Å². The number of nitrogens with zero attached hydrogens (tertiary/aromatic N) is 4. The number of aromatic nitrogens is 3. The molecule has 0 saturated heterocycles. The van der Waals surface area contributed by atoms with Crippen LogP contribution in [-0.4, -0.2) is 20.9 Å². The summed E-state index contributed by atoms with van der Waals surface area (Å²) in [6.07, 6.45) is -3.03. The fourth-order valence-electron chi connectivity index (χ4n) is 2.81. The van der Waals surface area contributed by atoms with Crippen LogP contribution >= 0.6 is 11.6 Å². The van der Waals surface area contributed by atoms with E-state index in [0.29, 0.717) is 11.4 Å². The fourth-order valence-corrected chi connectivity index (χ4v) is 3.02. The number of hydrogen-bond donors (Lipinski definition) is 0. The second-order valence-electron chi connectivity index (χ2n) is 5.90. The molecule has 1 aromatic carbocycles. The topological polar surface area (TPSA) is 51.0 Å². The quantitative estimate of drug-likeness (QED) is 0.452. The first-order valence-corrected chi connectivity index (χ1v) is 8.28. The van der Waals surface area contributed by atoms with Crippen LogP contribution < -0.4 is 4.90 Å². The smallest absolute Gasteiger partial charge is 0.333 e. The average molecular weight is 413 g/mol. The molecule has 0 radical (unpaired) electrons. The largest absolute Gasteiger partial charge is 0.433 e. The van der Waals surface area contributed by atoms with Crippen molar-refractivity contribution < 1.29 is 22.4 Å². The minimum atomic E-state index is -4.74. The molecule has 0 aliphatic rings. The van der Waals surface area contributed by atoms with Crippen LogP contribution in [0.5, 0.6) is 0 Å². The Balaban J connectivity index is 2.32. The third-order valence-corrected chi connectivity index (χ3v) is 4.44. The predicted octanol–water partition coefficient (Wildman–Crippen LogP) is 4.90. The van der Waals surface area contributed by atoms with Gasteiger partial charge in [0, 0.05) is 12.6 Å². The highest BCUT2D eigenvalue weighted by Gasteiger charge is 2.34. The van der Waals surface area contributed by atoms with Crippen molar-refractivity contribution in [2.45, 2.75) is 13.1 Å². The molecule has 0 saturated carbocycles. The molecule has 2 aromatic heterocycles. The number of carbonyl (C=O) groups excluding carboxylic acids is 1. The number of carbonyl (C=O) groups is 1. The fraction of sp³-hybridized carbons (Fsp3) is 0.167. The summed E-state index contributed by atoms with van der Waals surface area (Å²) >= 11 is 5.94. The van der Waals surface area contributed by atoms with E-state index in [1.54, 1.807) is 18.5 Å². The number of aryl methyl sites for hydroxylation is 2. The van der Waals surface area contributed by atoms with Crippen molar-refractivity contribution in [3.63, 3.8) is 0 Å². The van der Waals surface area contributed by atoms with Gasteiger partial charge in [0.2, 0.25) is 6.41 Å². The first-order valence-electron chi connectivity index (χ1n) is 7.90. The van der Waals surface area contributed by atoms with Crippen LogP contribution in [0.3, 0.4) is 0 Å². The lowest BCUT2D eigenvalue weighted by Gasteiger charge is -2.22. The van der Waals surface area contributed by atoms with E-state index < -0.39 is 22.7 Å². The number of benzene rings is 1. The molecule has 2 heterocycles. The third-order valence-electron chi connectivity index (χ3n) is 4.07. The Morgan fingerprint density at radius 1 is 1.21 bits per heavy atom. The molecule has 3 rings (SSSR count). The zero-order chi connectivity index (χ0) is 20.6. The lowest BCUT2D eigenvalue weighted by atomic mass is 10.1. The van der Waals surface area contributed by atoms with Crippen molar-refractivity contribution in [1.82, 2.24) is 14.5 Å². The number of pyridine rings is 1. The van der Waals surface area contributed by atoms with E-state index >= 15 is 0 Å². The van der Waals surface area contributed by atoms with Crippen molar-refractivity contribution in [2.24, 2.45) is 7.05 Å². The number of rotatable bonds is 4. The van der Waals surface area contributed by atoms with E-state index in [1.807, 2.05) is 0 Å². The molecule has 0 aliphatic carbocycles. The van der Waals surface area contributed by atoms with Crippen molar-refractivity contribution in [1.29, 1.82) is 0 Å². The molecule has 5 nitrogen and oxygen atoms in total. The van der Waals surface area contributed by atoms with Crippen molar-refractivity contribution in [3.8, 4) is 11.3 Å². The molecular weight excluding hydrogens is 400 g/mol. The Morgan fingerprint density at radius 2 is 1.93 bits per heavy atom. The number of imidazole rings is 1. The zero-order valence-corrected chi connectivity index (χ0v) is 15.4. The Kier molecular flexibility index (Phi) is 5.12. The average Bonchev–Trinajstić information content (AvgIpc) is 2.97. The van der Waals surface area contributed by atoms with Crippen molar-refractivity contribution >= 4 is 29.5 Å². The molecule has 0 aliphatic heterocycles. The Morgan fingerprint density at radius 3 is 2.50 bits per heavy atom. The maximum absolute atomic E-state index is 13.9. The Labute approximate surface area is 162 Å². The zero-order valence-electron chi connectivity index (χ0n) is 14.6. The van der Waals surface area contributed by atoms with Crippen LogP contribution in [0.1, 0.15) is 11.4 Å². The molecule has 10 heteroatoms. The number of anilines is 2. The molecular formula is C18H13ClF4N4O. The van der Waals surface area contributed by atoms with Gasteiger partial charge < -0.3 is 4.57 Å². The summed E-state index contributed by atoms with van der Waals surface area (Å²) in [6.45, 7) is 1.66. The first-order chi connectivity index (χ1) is 13.1. The lowest BCUT2D eigenvalue weighted by Crippen LogP contribution is -2.20. The molecule has 146 valence electrons. The van der Waals surface area contributed by atoms with Gasteiger partial charge in [-0.2, -0.15) is 13.2 Å². The highest BCUT2D eigenvalue weighted by molar-refractivity contribution is 6.34. The molecule has 0 N–H and O–H groups in total. The van der Waals surface area contributed by atoms with Gasteiger partial charge in [0.15, 0.2) is 0 Å². The van der Waals surface area contributed by atoms with Gasteiger partial charge in [-0.05, 0) is 31.2 Å². The van der Waals surface area contributed by atoms with E-state index in [0.717, 1.165) is 17.0 Å². The van der Waals surface area contributed by atoms with Gasteiger partial charge in [0.05, 0.1) is 23.4 Å². The molecule has 0 spiro atoms. The SMILES string of the molecule is Cc1ncn(C)c1-c1ccc(C(F)(F)F)nc1N(C=O)c1cccc(F)c1Cl. The highest BCUT2D eigenvalue weighted by Crippen LogP contribution is 2.39. The van der Waals surface area contributed by atoms with Gasteiger partial charge in [-0.1, -0.05) is 17.7 Å². The van der Waals surface area contributed by atoms with E-state index in [9.17, 15) is 22.4 Å². The number of hydrogen-bond acceptors (Lipinski definition) is 3. The molecule has 3 aromatic rings. The Hall–Kier alpha value is -2.94. The number of alkyl halides is 3. The minimum Gasteiger partial charge on any atom is -0.333 e. The number of halogens is 5. The maximum atomic E-state index is 13.9. The summed E-state index contributed by atoms with van der Waals surface area (Å²) < 4.78 is 55.2. The van der Waals surface area contributed by atoms with Gasteiger partial charge in [-0.15, -0.1) is 0 Å². The highest BCUT2D eigenvalue weighted by atomic mass is 35.5. The molecule has 0 fully saturated rings. The second-order valence-corrected chi connectivity index (χ2v) is 6.28. The van der Waals surface area contributed by atoms with Gasteiger partial charge >= 0.3 is 6.18 Å². The van der Waals surface area contributed by atoms with Crippen LogP contribution in [0, 0.1) is 12.7 Å². The molecule has 0 unspecified atom stereocenters. The van der Waals surface area contributed by atoms with Crippen LogP contribution in [-0.2, 0) is 18.0 Å². The van der Waals surface area contributed by atoms with Gasteiger partial charge in [-0.3, -0.25) is 9.69 Å². The second kappa shape index (κ2) is 7.23. The molecule has 1 amide bonds. The molecule has 0 bridgehead atoms. The van der Waals surface area contributed by atoms with Crippen LogP contribution in [0.2, 0.25) is 5.02 Å². The minimum absolute atomic E-state index is 0.135. The summed E-state index contributed by atoms with van der Waals surface area (Å²) in [4.78, 5) is 20.4. The summed E-state index contributed by atoms with van der Waals surface area (Å²) in [5.41, 5.74) is -0.162. The van der Waals surface area contributed by atoms with Crippen molar-refractivity contribution in [2.75, 3.05) is 4.90 Å². The standard InChI is InChI=1S/C18H13ClF4N4O/c1-10-16(26(2)8-24-10)11-6-7-14(18(21,22)23)25-17(11)27(9-28)13-5-3-4-12(20)15(13)19/h3-9H,1-2H3. The summed E-state index contributed by atoms with van der Waals surface area (Å²) in [5, 5.41) is -0.415. The monoisotopic (exact) mass is 412 g/mol. The number of amides is 1. The molecule has 0 atom stereocenters. The maximum Gasteiger partial charge on any atom is 0.433 e.